The maximum atomic E-state index is 11.7. The average Bonchev–Trinajstić information content (AvgIpc) is 2.72. The van der Waals surface area contributed by atoms with E-state index < -0.39 is 0 Å². The highest BCUT2D eigenvalue weighted by Crippen LogP contribution is 2.05. The number of nitrogens with zero attached hydrogens (tertiary/aromatic N) is 3. The molecule has 0 aromatic heterocycles. The van der Waals surface area contributed by atoms with E-state index in [4.69, 9.17) is 0 Å². The van der Waals surface area contributed by atoms with Crippen molar-refractivity contribution in [3.05, 3.63) is 35.4 Å². The molecule has 1 aliphatic heterocycles. The summed E-state index contributed by atoms with van der Waals surface area (Å²) in [6.07, 6.45) is 0.804. The van der Waals surface area contributed by atoms with Crippen molar-refractivity contribution in [3.63, 3.8) is 0 Å². The van der Waals surface area contributed by atoms with Gasteiger partial charge in [0.15, 0.2) is 5.96 Å². The molecule has 9 heteroatoms. The number of nitrogens with one attached hydrogen (secondary N) is 3. The van der Waals surface area contributed by atoms with Crippen molar-refractivity contribution in [2.75, 3.05) is 59.9 Å². The summed E-state index contributed by atoms with van der Waals surface area (Å²) in [5.41, 5.74) is 1.78. The molecule has 0 radical (unpaired) electrons. The summed E-state index contributed by atoms with van der Waals surface area (Å²) < 4.78 is 0. The number of carbonyl (C=O) groups is 2. The Labute approximate surface area is 190 Å². The largest absolute Gasteiger partial charge is 0.356 e. The summed E-state index contributed by atoms with van der Waals surface area (Å²) >= 11 is 0. The molecular formula is C20H33IN6O2. The van der Waals surface area contributed by atoms with Gasteiger partial charge >= 0.3 is 0 Å². The minimum Gasteiger partial charge on any atom is -0.356 e. The smallest absolute Gasteiger partial charge is 0.251 e. The van der Waals surface area contributed by atoms with Crippen molar-refractivity contribution in [1.82, 2.24) is 25.8 Å². The van der Waals surface area contributed by atoms with Gasteiger partial charge in [-0.1, -0.05) is 12.1 Å². The lowest BCUT2D eigenvalue weighted by atomic mass is 10.1. The second-order valence-electron chi connectivity index (χ2n) is 6.80. The third kappa shape index (κ3) is 8.57. The summed E-state index contributed by atoms with van der Waals surface area (Å²) in [6.45, 7) is 7.50. The first-order chi connectivity index (χ1) is 13.5. The van der Waals surface area contributed by atoms with E-state index in [9.17, 15) is 9.59 Å². The Kier molecular flexibility index (Phi) is 11.6. The Morgan fingerprint density at radius 1 is 1.10 bits per heavy atom. The molecule has 1 aromatic carbocycles. The fraction of sp³-hybridized carbons (Fsp3) is 0.550. The molecule has 0 aliphatic carbocycles. The molecule has 0 atom stereocenters. The van der Waals surface area contributed by atoms with Crippen LogP contribution in [0.4, 0.5) is 0 Å². The van der Waals surface area contributed by atoms with Gasteiger partial charge in [-0.3, -0.25) is 19.5 Å². The SMILES string of the molecule is CN=C(NCCc1cccc(C(=O)NC)c1)NCCN1CCN(C(C)=O)CC1.I. The Balaban J connectivity index is 0.00000420. The van der Waals surface area contributed by atoms with E-state index in [1.165, 1.54) is 0 Å². The molecule has 0 unspecified atom stereocenters. The van der Waals surface area contributed by atoms with Crippen molar-refractivity contribution in [2.24, 2.45) is 4.99 Å². The van der Waals surface area contributed by atoms with E-state index in [0.717, 1.165) is 63.8 Å². The Morgan fingerprint density at radius 3 is 2.41 bits per heavy atom. The molecule has 1 aromatic rings. The molecule has 0 bridgehead atoms. The zero-order valence-electron chi connectivity index (χ0n) is 17.5. The molecule has 2 amide bonds. The van der Waals surface area contributed by atoms with E-state index in [0.29, 0.717) is 5.56 Å². The molecule has 8 nitrogen and oxygen atoms in total. The molecule has 0 saturated carbocycles. The summed E-state index contributed by atoms with van der Waals surface area (Å²) in [5, 5.41) is 9.28. The minimum absolute atomic E-state index is 0. The highest BCUT2D eigenvalue weighted by molar-refractivity contribution is 14.0. The first-order valence-electron chi connectivity index (χ1n) is 9.77. The number of aliphatic imine (C=N–C) groups is 1. The van der Waals surface area contributed by atoms with E-state index in [-0.39, 0.29) is 35.8 Å². The monoisotopic (exact) mass is 516 g/mol. The predicted octanol–water partition coefficient (Wildman–Crippen LogP) is 0.536. The number of halogens is 1. The number of guanidine groups is 1. The lowest BCUT2D eigenvalue weighted by molar-refractivity contribution is -0.130. The van der Waals surface area contributed by atoms with E-state index in [1.807, 2.05) is 29.2 Å². The minimum atomic E-state index is -0.0728. The van der Waals surface area contributed by atoms with Crippen LogP contribution in [-0.4, -0.2) is 87.5 Å². The fourth-order valence-electron chi connectivity index (χ4n) is 3.18. The Bertz CT molecular complexity index is 689. The zero-order valence-corrected chi connectivity index (χ0v) is 19.9. The maximum absolute atomic E-state index is 11.7. The van der Waals surface area contributed by atoms with Crippen molar-refractivity contribution in [3.8, 4) is 0 Å². The van der Waals surface area contributed by atoms with E-state index in [1.54, 1.807) is 21.0 Å². The highest BCUT2D eigenvalue weighted by Gasteiger charge is 2.17. The number of rotatable bonds is 7. The predicted molar refractivity (Wildman–Crippen MR) is 127 cm³/mol. The second kappa shape index (κ2) is 13.4. The first-order valence-corrected chi connectivity index (χ1v) is 9.77. The van der Waals surface area contributed by atoms with Crippen LogP contribution in [0.5, 0.6) is 0 Å². The Morgan fingerprint density at radius 2 is 1.79 bits per heavy atom. The van der Waals surface area contributed by atoms with Gasteiger partial charge in [0.2, 0.25) is 5.91 Å². The number of amides is 2. The lowest BCUT2D eigenvalue weighted by Gasteiger charge is -2.34. The van der Waals surface area contributed by atoms with Crippen LogP contribution in [0.1, 0.15) is 22.8 Å². The number of hydrogen-bond acceptors (Lipinski definition) is 4. The van der Waals surface area contributed by atoms with Crippen LogP contribution in [0, 0.1) is 0 Å². The van der Waals surface area contributed by atoms with Gasteiger partial charge < -0.3 is 20.9 Å². The van der Waals surface area contributed by atoms with Crippen LogP contribution < -0.4 is 16.0 Å². The first kappa shape index (κ1) is 25.2. The van der Waals surface area contributed by atoms with Crippen LogP contribution in [0.15, 0.2) is 29.3 Å². The van der Waals surface area contributed by atoms with Gasteiger partial charge in [0.1, 0.15) is 0 Å². The van der Waals surface area contributed by atoms with Gasteiger partial charge in [0.05, 0.1) is 0 Å². The number of hydrogen-bond donors (Lipinski definition) is 3. The normalized spacial score (nSPS) is 14.7. The third-order valence-electron chi connectivity index (χ3n) is 4.88. The van der Waals surface area contributed by atoms with Crippen LogP contribution in [0.2, 0.25) is 0 Å². The second-order valence-corrected chi connectivity index (χ2v) is 6.80. The maximum Gasteiger partial charge on any atom is 0.251 e. The summed E-state index contributed by atoms with van der Waals surface area (Å²) in [7, 11) is 3.39. The standard InChI is InChI=1S/C20H32N6O2.HI/c1-16(27)26-13-11-25(12-14-26)10-9-24-20(22-3)23-8-7-17-5-4-6-18(15-17)19(28)21-2;/h4-6,15H,7-14H2,1-3H3,(H,21,28)(H2,22,23,24);1H. The lowest BCUT2D eigenvalue weighted by Crippen LogP contribution is -2.50. The van der Waals surface area contributed by atoms with Gasteiger partial charge in [-0.2, -0.15) is 0 Å². The Hall–Kier alpha value is -1.88. The average molecular weight is 516 g/mol. The van der Waals surface area contributed by atoms with Crippen molar-refractivity contribution >= 4 is 41.8 Å². The number of piperazine rings is 1. The molecule has 2 rings (SSSR count). The number of benzene rings is 1. The molecule has 162 valence electrons. The van der Waals surface area contributed by atoms with E-state index in [2.05, 4.69) is 25.8 Å². The van der Waals surface area contributed by atoms with Gasteiger partial charge in [0.25, 0.3) is 5.91 Å². The van der Waals surface area contributed by atoms with Gasteiger partial charge in [-0.25, -0.2) is 0 Å². The van der Waals surface area contributed by atoms with Crippen LogP contribution in [0.25, 0.3) is 0 Å². The molecule has 1 saturated heterocycles. The highest BCUT2D eigenvalue weighted by atomic mass is 127. The molecule has 1 heterocycles. The number of carbonyl (C=O) groups excluding carboxylic acids is 2. The molecule has 29 heavy (non-hydrogen) atoms. The molecular weight excluding hydrogens is 483 g/mol. The van der Waals surface area contributed by atoms with Crippen LogP contribution in [-0.2, 0) is 11.2 Å². The molecule has 3 N–H and O–H groups in total. The van der Waals surface area contributed by atoms with Crippen molar-refractivity contribution in [1.29, 1.82) is 0 Å². The molecule has 0 spiro atoms. The fourth-order valence-corrected chi connectivity index (χ4v) is 3.18. The zero-order chi connectivity index (χ0) is 20.4. The molecule has 1 aliphatic rings. The summed E-state index contributed by atoms with van der Waals surface area (Å²) in [5.74, 6) is 0.851. The van der Waals surface area contributed by atoms with Crippen molar-refractivity contribution < 1.29 is 9.59 Å². The summed E-state index contributed by atoms with van der Waals surface area (Å²) in [6, 6.07) is 7.65. The van der Waals surface area contributed by atoms with Gasteiger partial charge in [-0.05, 0) is 24.1 Å². The van der Waals surface area contributed by atoms with Crippen LogP contribution in [0.3, 0.4) is 0 Å². The topological polar surface area (TPSA) is 89.1 Å². The van der Waals surface area contributed by atoms with Crippen molar-refractivity contribution in [2.45, 2.75) is 13.3 Å². The quantitative estimate of drug-likeness (QED) is 0.280. The van der Waals surface area contributed by atoms with Gasteiger partial charge in [0, 0.05) is 72.4 Å². The molecule has 1 fully saturated rings. The summed E-state index contributed by atoms with van der Waals surface area (Å²) in [4.78, 5) is 31.6. The third-order valence-corrected chi connectivity index (χ3v) is 4.88. The van der Waals surface area contributed by atoms with Gasteiger partial charge in [-0.15, -0.1) is 24.0 Å². The van der Waals surface area contributed by atoms with E-state index >= 15 is 0 Å². The van der Waals surface area contributed by atoms with Crippen LogP contribution >= 0.6 is 24.0 Å².